The summed E-state index contributed by atoms with van der Waals surface area (Å²) >= 11 is 25.8. The van der Waals surface area contributed by atoms with Gasteiger partial charge >= 0.3 is 12.4 Å². The highest BCUT2D eigenvalue weighted by Crippen LogP contribution is 2.44. The number of hydrogen-bond donors (Lipinski definition) is 1. The number of hydrogen-bond acceptors (Lipinski definition) is 10. The van der Waals surface area contributed by atoms with Crippen LogP contribution in [0.3, 0.4) is 0 Å². The number of carbonyl (C=O) groups is 1. The number of aliphatic hydroxyl groups is 1. The molecule has 0 saturated heterocycles. The predicted octanol–water partition coefficient (Wildman–Crippen LogP) is 17.2. The summed E-state index contributed by atoms with van der Waals surface area (Å²) in [6.07, 6.45) is -3.04. The fourth-order valence-electron chi connectivity index (χ4n) is 8.68. The molecule has 0 aliphatic rings. The van der Waals surface area contributed by atoms with Crippen LogP contribution in [0.1, 0.15) is 80.3 Å². The molecule has 8 aromatic rings. The van der Waals surface area contributed by atoms with Crippen molar-refractivity contribution >= 4 is 145 Å². The van der Waals surface area contributed by atoms with E-state index < -0.39 is 99.4 Å². The number of carbonyl (C=O) groups excluding carboxylic acids is 1. The fraction of sp³-hybridized carbons (Fsp3) is 0.328. The number of benzene rings is 4. The van der Waals surface area contributed by atoms with Gasteiger partial charge in [-0.25, -0.2) is 35.4 Å². The first-order chi connectivity index (χ1) is 40.1. The first-order valence-electron chi connectivity index (χ1n) is 26.2. The minimum atomic E-state index is -4.89. The zero-order valence-corrected chi connectivity index (χ0v) is 57.9. The van der Waals surface area contributed by atoms with Crippen molar-refractivity contribution in [3.63, 3.8) is 0 Å². The van der Waals surface area contributed by atoms with Gasteiger partial charge < -0.3 is 23.0 Å². The average Bonchev–Trinajstić information content (AvgIpc) is 1.83. The van der Waals surface area contributed by atoms with Crippen molar-refractivity contribution in [2.45, 2.75) is 106 Å². The molecule has 0 fully saturated rings. The minimum absolute atomic E-state index is 0.0126. The van der Waals surface area contributed by atoms with Crippen LogP contribution in [-0.2, 0) is 41.9 Å². The number of aromatic nitrogens is 4. The highest BCUT2D eigenvalue weighted by molar-refractivity contribution is 14.1. The number of fused-ring (bicyclic) bond motifs is 2. The molecule has 1 unspecified atom stereocenters. The van der Waals surface area contributed by atoms with Crippen LogP contribution < -0.4 is 8.61 Å². The van der Waals surface area contributed by atoms with E-state index in [0.29, 0.717) is 44.4 Å². The second kappa shape index (κ2) is 27.0. The molecular formula is C58H63Cl4F6IN6O8S2Si2. The summed E-state index contributed by atoms with van der Waals surface area (Å²) < 4.78 is 151. The summed E-state index contributed by atoms with van der Waals surface area (Å²) in [5.74, 6) is 0. The maximum atomic E-state index is 13.9. The van der Waals surface area contributed by atoms with Gasteiger partial charge in [0.2, 0.25) is 0 Å². The lowest BCUT2D eigenvalue weighted by Gasteiger charge is -2.38. The maximum absolute atomic E-state index is 13.9. The molecule has 0 aliphatic heterocycles. The quantitative estimate of drug-likeness (QED) is 0.0343. The Morgan fingerprint density at radius 3 is 1.45 bits per heavy atom. The standard InChI is InChI=1S/C29H32Cl2F3N3O4SSi.C16H12Cl2F3NO4S.C13H19IN2Si/c1-28(2,3)43(5,6)37-14-12-21-20(11-13-35-27(21)37)26(38)22-9-7-18(30)15-25(22)36(17-41-4)42(39,40)19-8-10-24(31)23(16-19)29(32,33)34;1-26-9-22(15-6-11(17)3-2-10(15)8-23)27(24,25)12-4-5-14(18)13(7-12)16(19,20)21;1-13(2,3)17(4,5)16-9-7-10-11(14)6-8-15-12(10)16/h7-16,26,38H,17H2,1-6H3;2-8H,9H2,1H3;6-9H,1-5H3. The van der Waals surface area contributed by atoms with Gasteiger partial charge in [-0.15, -0.1) is 0 Å². The van der Waals surface area contributed by atoms with Crippen LogP contribution in [0, 0.1) is 3.57 Å². The van der Waals surface area contributed by atoms with Gasteiger partial charge in [0.15, 0.2) is 22.8 Å². The number of alkyl halides is 6. The Balaban J connectivity index is 0.000000233. The van der Waals surface area contributed by atoms with Crippen molar-refractivity contribution in [1.29, 1.82) is 0 Å². The van der Waals surface area contributed by atoms with Gasteiger partial charge in [-0.1, -0.05) is 120 Å². The molecule has 4 heterocycles. The second-order valence-electron chi connectivity index (χ2n) is 22.9. The third-order valence-corrected chi connectivity index (χ3v) is 31.4. The van der Waals surface area contributed by atoms with E-state index in [1.54, 1.807) is 12.3 Å². The van der Waals surface area contributed by atoms with Crippen LogP contribution in [0.4, 0.5) is 37.7 Å². The van der Waals surface area contributed by atoms with Crippen LogP contribution in [0.15, 0.2) is 132 Å². The van der Waals surface area contributed by atoms with Crippen molar-refractivity contribution in [3.05, 3.63) is 173 Å². The molecule has 8 rings (SSSR count). The van der Waals surface area contributed by atoms with Crippen LogP contribution >= 0.6 is 69.0 Å². The van der Waals surface area contributed by atoms with Crippen molar-refractivity contribution in [2.24, 2.45) is 0 Å². The van der Waals surface area contributed by atoms with E-state index in [0.717, 1.165) is 34.2 Å². The second-order valence-corrected chi connectivity index (χ2v) is 39.7. The van der Waals surface area contributed by atoms with Crippen LogP contribution in [0.2, 0.25) is 56.4 Å². The Bertz CT molecular complexity index is 4070. The maximum Gasteiger partial charge on any atom is 0.417 e. The third-order valence-electron chi connectivity index (χ3n) is 15.4. The minimum Gasteiger partial charge on any atom is -0.384 e. The number of aliphatic hydroxyl groups excluding tert-OH is 1. The summed E-state index contributed by atoms with van der Waals surface area (Å²) in [5, 5.41) is 13.0. The summed E-state index contributed by atoms with van der Waals surface area (Å²) in [6, 6.07) is 20.4. The summed E-state index contributed by atoms with van der Waals surface area (Å²) in [7, 11) is -10.4. The van der Waals surface area contributed by atoms with E-state index in [9.17, 15) is 53.1 Å². The molecule has 4 aromatic carbocycles. The van der Waals surface area contributed by atoms with Crippen LogP contribution in [0.25, 0.3) is 22.1 Å². The summed E-state index contributed by atoms with van der Waals surface area (Å²) in [5.41, 5.74) is -0.417. The number of nitrogens with zero attached hydrogens (tertiary/aromatic N) is 6. The van der Waals surface area contributed by atoms with E-state index in [1.165, 1.54) is 59.6 Å². The molecule has 0 aliphatic carbocycles. The Kier molecular flexibility index (Phi) is 22.1. The molecular weight excluding hydrogens is 1410 g/mol. The van der Waals surface area contributed by atoms with Gasteiger partial charge in [-0.2, -0.15) is 26.3 Å². The molecule has 0 spiro atoms. The molecule has 1 atom stereocenters. The molecule has 4 aromatic heterocycles. The normalized spacial score (nSPS) is 13.2. The zero-order chi connectivity index (χ0) is 65.4. The summed E-state index contributed by atoms with van der Waals surface area (Å²) in [6.45, 7) is 21.6. The van der Waals surface area contributed by atoms with Gasteiger partial charge in [0.05, 0.1) is 42.3 Å². The van der Waals surface area contributed by atoms with E-state index in [2.05, 4.69) is 127 Å². The van der Waals surface area contributed by atoms with E-state index in [4.69, 9.17) is 55.9 Å². The lowest BCUT2D eigenvalue weighted by Crippen LogP contribution is -2.45. The number of methoxy groups -OCH3 is 2. The van der Waals surface area contributed by atoms with Gasteiger partial charge in [0, 0.05) is 62.1 Å². The van der Waals surface area contributed by atoms with Gasteiger partial charge in [-0.05, 0) is 142 Å². The molecule has 0 bridgehead atoms. The van der Waals surface area contributed by atoms with Crippen molar-refractivity contribution < 1.29 is 62.6 Å². The third kappa shape index (κ3) is 15.2. The lowest BCUT2D eigenvalue weighted by atomic mass is 9.98. The first kappa shape index (κ1) is 71.3. The van der Waals surface area contributed by atoms with E-state index in [-0.39, 0.29) is 37.6 Å². The Labute approximate surface area is 537 Å². The first-order valence-corrected chi connectivity index (χ1v) is 37.5. The van der Waals surface area contributed by atoms with Gasteiger partial charge in [-0.3, -0.25) is 4.79 Å². The van der Waals surface area contributed by atoms with Gasteiger partial charge in [0.1, 0.15) is 30.9 Å². The molecule has 470 valence electrons. The number of halogens is 11. The largest absolute Gasteiger partial charge is 0.417 e. The monoisotopic (exact) mass is 1470 g/mol. The van der Waals surface area contributed by atoms with Crippen LogP contribution in [0.5, 0.6) is 0 Å². The van der Waals surface area contributed by atoms with Crippen LogP contribution in [-0.4, -0.2) is 90.8 Å². The molecule has 87 heavy (non-hydrogen) atoms. The Morgan fingerprint density at radius 2 is 1.01 bits per heavy atom. The number of ether oxygens (including phenoxy) is 2. The highest BCUT2D eigenvalue weighted by Gasteiger charge is 2.42. The predicted molar refractivity (Wildman–Crippen MR) is 346 cm³/mol. The topological polar surface area (TPSA) is 166 Å². The number of anilines is 2. The molecule has 0 radical (unpaired) electrons. The summed E-state index contributed by atoms with van der Waals surface area (Å²) in [4.78, 5) is 19.1. The average molecular weight is 1480 g/mol. The smallest absolute Gasteiger partial charge is 0.384 e. The number of rotatable bonds is 15. The highest BCUT2D eigenvalue weighted by atomic mass is 127. The zero-order valence-electron chi connectivity index (χ0n) is 49.1. The van der Waals surface area contributed by atoms with Gasteiger partial charge in [0.25, 0.3) is 20.0 Å². The fourth-order valence-corrected chi connectivity index (χ4v) is 16.6. The number of aldehydes is 1. The number of pyridine rings is 2. The molecule has 0 amide bonds. The van der Waals surface area contributed by atoms with Crippen molar-refractivity contribution in [1.82, 2.24) is 18.4 Å². The van der Waals surface area contributed by atoms with Crippen molar-refractivity contribution in [3.8, 4) is 0 Å². The van der Waals surface area contributed by atoms with Crippen molar-refractivity contribution in [2.75, 3.05) is 36.3 Å². The lowest BCUT2D eigenvalue weighted by molar-refractivity contribution is -0.138. The van der Waals surface area contributed by atoms with E-state index >= 15 is 0 Å². The number of sulfonamides is 2. The molecule has 1 N–H and O–H groups in total. The Hall–Kier alpha value is -4.79. The Morgan fingerprint density at radius 1 is 0.598 bits per heavy atom. The SMILES string of the molecule is CC(C)(C)[Si](C)(C)n1ccc2c(I)ccnc21.COCN(c1cc(Cl)ccc1C(O)c1ccnc2c1ccn2[Si](C)(C)C(C)(C)C)S(=O)(=O)c1ccc(Cl)c(C(F)(F)F)c1.COCN(c1cc(Cl)ccc1C=O)S(=O)(=O)c1ccc(Cl)c(C(F)(F)F)c1. The molecule has 29 heteroatoms. The molecule has 14 nitrogen and oxygen atoms in total. The van der Waals surface area contributed by atoms with E-state index in [1.807, 2.05) is 18.5 Å². The molecule has 0 saturated carbocycles.